The summed E-state index contributed by atoms with van der Waals surface area (Å²) in [4.78, 5) is 12.1. The third-order valence-corrected chi connectivity index (χ3v) is 3.34. The summed E-state index contributed by atoms with van der Waals surface area (Å²) >= 11 is 0. The summed E-state index contributed by atoms with van der Waals surface area (Å²) in [7, 11) is 0. The van der Waals surface area contributed by atoms with Gasteiger partial charge in [0.05, 0.1) is 6.61 Å². The minimum Gasteiger partial charge on any atom is -0.504 e. The quantitative estimate of drug-likeness (QED) is 0.818. The zero-order valence-electron chi connectivity index (χ0n) is 12.4. The molecule has 0 heterocycles. The molecule has 0 aromatic heterocycles. The van der Waals surface area contributed by atoms with Gasteiger partial charge in [-0.05, 0) is 38.0 Å². The van der Waals surface area contributed by atoms with Crippen molar-refractivity contribution in [2.24, 2.45) is 0 Å². The zero-order chi connectivity index (χ0) is 15.2. The molecule has 0 saturated heterocycles. The molecule has 0 spiro atoms. The highest BCUT2D eigenvalue weighted by molar-refractivity contribution is 5.96. The molecular formula is C18H20O3. The lowest BCUT2D eigenvalue weighted by Gasteiger charge is -2.08. The number of carbonyl (C=O) groups excluding carboxylic acids is 1. The van der Waals surface area contributed by atoms with E-state index in [1.54, 1.807) is 12.1 Å². The molecule has 2 aromatic carbocycles. The molecule has 0 unspecified atom stereocenters. The van der Waals surface area contributed by atoms with E-state index in [-0.39, 0.29) is 11.5 Å². The van der Waals surface area contributed by atoms with Crippen LogP contribution < -0.4 is 4.74 Å². The molecule has 0 aliphatic carbocycles. The highest BCUT2D eigenvalue weighted by Gasteiger charge is 2.08. The Morgan fingerprint density at radius 3 is 2.52 bits per heavy atom. The Labute approximate surface area is 125 Å². The number of hydrogen-bond donors (Lipinski definition) is 1. The van der Waals surface area contributed by atoms with Gasteiger partial charge < -0.3 is 9.84 Å². The fourth-order valence-corrected chi connectivity index (χ4v) is 2.13. The van der Waals surface area contributed by atoms with Gasteiger partial charge in [-0.15, -0.1) is 0 Å². The van der Waals surface area contributed by atoms with Gasteiger partial charge in [-0.1, -0.05) is 35.9 Å². The Hall–Kier alpha value is -2.29. The molecule has 1 N–H and O–H groups in total. The van der Waals surface area contributed by atoms with E-state index >= 15 is 0 Å². The number of phenolic OH excluding ortho intramolecular Hbond substituents is 1. The first-order chi connectivity index (χ1) is 10.1. The SMILES string of the molecule is CCOc1cc(CCC(=O)c2ccc(C)cc2)ccc1O. The van der Waals surface area contributed by atoms with Crippen LogP contribution in [0.3, 0.4) is 0 Å². The van der Waals surface area contributed by atoms with E-state index in [9.17, 15) is 9.90 Å². The topological polar surface area (TPSA) is 46.5 Å². The number of aromatic hydroxyl groups is 1. The Balaban J connectivity index is 2.01. The monoisotopic (exact) mass is 284 g/mol. The number of ketones is 1. The van der Waals surface area contributed by atoms with Gasteiger partial charge in [-0.3, -0.25) is 4.79 Å². The summed E-state index contributed by atoms with van der Waals surface area (Å²) in [6.45, 7) is 4.37. The average Bonchev–Trinajstić information content (AvgIpc) is 2.48. The van der Waals surface area contributed by atoms with Crippen LogP contribution in [0.25, 0.3) is 0 Å². The maximum absolute atomic E-state index is 12.1. The van der Waals surface area contributed by atoms with Gasteiger partial charge >= 0.3 is 0 Å². The maximum atomic E-state index is 12.1. The van der Waals surface area contributed by atoms with Crippen molar-refractivity contribution < 1.29 is 14.6 Å². The number of Topliss-reactive ketones (excluding diaryl/α,β-unsaturated/α-hetero) is 1. The van der Waals surface area contributed by atoms with Crippen molar-refractivity contribution in [2.45, 2.75) is 26.7 Å². The number of carbonyl (C=O) groups is 1. The van der Waals surface area contributed by atoms with E-state index in [0.29, 0.717) is 25.2 Å². The number of hydrogen-bond acceptors (Lipinski definition) is 3. The second-order valence-corrected chi connectivity index (χ2v) is 5.02. The molecule has 2 rings (SSSR count). The minimum atomic E-state index is 0.126. The van der Waals surface area contributed by atoms with Gasteiger partial charge in [0, 0.05) is 12.0 Å². The van der Waals surface area contributed by atoms with Crippen molar-refractivity contribution in [3.05, 3.63) is 59.2 Å². The van der Waals surface area contributed by atoms with Gasteiger partial charge in [0.15, 0.2) is 17.3 Å². The first-order valence-electron chi connectivity index (χ1n) is 7.14. The molecule has 2 aromatic rings. The molecule has 0 radical (unpaired) electrons. The fourth-order valence-electron chi connectivity index (χ4n) is 2.13. The van der Waals surface area contributed by atoms with Crippen molar-refractivity contribution in [1.29, 1.82) is 0 Å². The average molecular weight is 284 g/mol. The first-order valence-corrected chi connectivity index (χ1v) is 7.14. The van der Waals surface area contributed by atoms with Gasteiger partial charge in [-0.2, -0.15) is 0 Å². The van der Waals surface area contributed by atoms with Crippen LogP contribution in [-0.2, 0) is 6.42 Å². The van der Waals surface area contributed by atoms with Crippen LogP contribution in [0.5, 0.6) is 11.5 Å². The number of ether oxygens (including phenoxy) is 1. The Kier molecular flexibility index (Phi) is 4.99. The van der Waals surface area contributed by atoms with Gasteiger partial charge in [0.1, 0.15) is 0 Å². The van der Waals surface area contributed by atoms with Gasteiger partial charge in [0.25, 0.3) is 0 Å². The standard InChI is InChI=1S/C18H20O3/c1-3-21-18-12-14(7-11-17(18)20)6-10-16(19)15-8-4-13(2)5-9-15/h4-5,7-9,11-12,20H,3,6,10H2,1-2H3. The Morgan fingerprint density at radius 2 is 1.86 bits per heavy atom. The minimum absolute atomic E-state index is 0.126. The highest BCUT2D eigenvalue weighted by atomic mass is 16.5. The van der Waals surface area contributed by atoms with Crippen molar-refractivity contribution in [2.75, 3.05) is 6.61 Å². The van der Waals surface area contributed by atoms with E-state index in [1.165, 1.54) is 0 Å². The summed E-state index contributed by atoms with van der Waals surface area (Å²) in [6.07, 6.45) is 1.08. The molecule has 110 valence electrons. The summed E-state index contributed by atoms with van der Waals surface area (Å²) in [5.41, 5.74) is 2.87. The number of rotatable bonds is 6. The molecule has 0 atom stereocenters. The molecule has 0 aliphatic rings. The second kappa shape index (κ2) is 6.93. The number of benzene rings is 2. The molecule has 0 saturated carbocycles. The third-order valence-electron chi connectivity index (χ3n) is 3.34. The Bertz CT molecular complexity index is 615. The smallest absolute Gasteiger partial charge is 0.163 e. The molecule has 21 heavy (non-hydrogen) atoms. The van der Waals surface area contributed by atoms with Crippen LogP contribution in [0, 0.1) is 6.92 Å². The summed E-state index contributed by atoms with van der Waals surface area (Å²) in [5, 5.41) is 9.66. The predicted molar refractivity (Wildman–Crippen MR) is 83.1 cm³/mol. The summed E-state index contributed by atoms with van der Waals surface area (Å²) in [6, 6.07) is 12.8. The van der Waals surface area contributed by atoms with Crippen LogP contribution in [-0.4, -0.2) is 17.5 Å². The van der Waals surface area contributed by atoms with Gasteiger partial charge in [0.2, 0.25) is 0 Å². The van der Waals surface area contributed by atoms with Crippen molar-refractivity contribution >= 4 is 5.78 Å². The molecule has 0 bridgehead atoms. The second-order valence-electron chi connectivity index (χ2n) is 5.02. The van der Waals surface area contributed by atoms with E-state index < -0.39 is 0 Å². The molecule has 0 aliphatic heterocycles. The highest BCUT2D eigenvalue weighted by Crippen LogP contribution is 2.27. The molecule has 3 heteroatoms. The third kappa shape index (κ3) is 4.09. The van der Waals surface area contributed by atoms with E-state index in [2.05, 4.69) is 0 Å². The van der Waals surface area contributed by atoms with Crippen LogP contribution in [0.1, 0.15) is 34.8 Å². The normalized spacial score (nSPS) is 10.4. The van der Waals surface area contributed by atoms with Crippen LogP contribution in [0.4, 0.5) is 0 Å². The molecular weight excluding hydrogens is 264 g/mol. The van der Waals surface area contributed by atoms with E-state index in [1.807, 2.05) is 44.2 Å². The lowest BCUT2D eigenvalue weighted by atomic mass is 10.0. The molecule has 0 fully saturated rings. The van der Waals surface area contributed by atoms with Crippen LogP contribution in [0.2, 0.25) is 0 Å². The van der Waals surface area contributed by atoms with Crippen molar-refractivity contribution in [3.8, 4) is 11.5 Å². The van der Waals surface area contributed by atoms with Crippen molar-refractivity contribution in [1.82, 2.24) is 0 Å². The van der Waals surface area contributed by atoms with Crippen LogP contribution >= 0.6 is 0 Å². The van der Waals surface area contributed by atoms with E-state index in [0.717, 1.165) is 16.7 Å². The summed E-state index contributed by atoms with van der Waals surface area (Å²) < 4.78 is 5.35. The lowest BCUT2D eigenvalue weighted by Crippen LogP contribution is -2.01. The molecule has 3 nitrogen and oxygen atoms in total. The van der Waals surface area contributed by atoms with E-state index in [4.69, 9.17) is 4.74 Å². The molecule has 0 amide bonds. The lowest BCUT2D eigenvalue weighted by molar-refractivity contribution is 0.0983. The largest absolute Gasteiger partial charge is 0.504 e. The Morgan fingerprint density at radius 1 is 1.14 bits per heavy atom. The summed E-state index contributed by atoms with van der Waals surface area (Å²) in [5.74, 6) is 0.726. The predicted octanol–water partition coefficient (Wildman–Crippen LogP) is 3.91. The maximum Gasteiger partial charge on any atom is 0.163 e. The first kappa shape index (κ1) is 15.1. The van der Waals surface area contributed by atoms with Crippen LogP contribution in [0.15, 0.2) is 42.5 Å². The van der Waals surface area contributed by atoms with Crippen molar-refractivity contribution in [3.63, 3.8) is 0 Å². The number of phenols is 1. The number of aryl methyl sites for hydroxylation is 2. The fraction of sp³-hybridized carbons (Fsp3) is 0.278. The zero-order valence-corrected chi connectivity index (χ0v) is 12.4. The van der Waals surface area contributed by atoms with Gasteiger partial charge in [-0.25, -0.2) is 0 Å².